The lowest BCUT2D eigenvalue weighted by molar-refractivity contribution is -0.309. The molecule has 3 saturated heterocycles. The van der Waals surface area contributed by atoms with E-state index in [-0.39, 0.29) is 5.92 Å². The van der Waals surface area contributed by atoms with E-state index in [2.05, 4.69) is 10.6 Å². The van der Waals surface area contributed by atoms with Crippen molar-refractivity contribution in [2.24, 2.45) is 11.8 Å². The van der Waals surface area contributed by atoms with E-state index in [4.69, 9.17) is 23.7 Å². The molecule has 2 N–H and O–H groups in total. The molecule has 188 valence electrons. The van der Waals surface area contributed by atoms with Crippen LogP contribution in [0.15, 0.2) is 0 Å². The van der Waals surface area contributed by atoms with Gasteiger partial charge in [0.1, 0.15) is 24.4 Å². The molecule has 3 rings (SSSR count). The number of rotatable bonds is 7. The molecular weight excluding hydrogens is 436 g/mol. The Hall–Kier alpha value is -1.79. The van der Waals surface area contributed by atoms with Crippen LogP contribution in [-0.2, 0) is 38.1 Å². The largest absolute Gasteiger partial charge is 0.548 e. The molecule has 0 radical (unpaired) electrons. The third-order valence-corrected chi connectivity index (χ3v) is 5.88. The van der Waals surface area contributed by atoms with Crippen LogP contribution in [0, 0.1) is 11.8 Å². The fraction of sp³-hybridized carbons (Fsp3) is 0.864. The summed E-state index contributed by atoms with van der Waals surface area (Å²) in [5.74, 6) is -5.25. The minimum atomic E-state index is -1.39. The second kappa shape index (κ2) is 9.10. The molecule has 3 aliphatic rings. The summed E-state index contributed by atoms with van der Waals surface area (Å²) in [5.41, 5.74) is 0. The van der Waals surface area contributed by atoms with Gasteiger partial charge in [0.25, 0.3) is 5.91 Å². The summed E-state index contributed by atoms with van der Waals surface area (Å²) in [5, 5.41) is 16.5. The van der Waals surface area contributed by atoms with E-state index in [1.165, 1.54) is 0 Å². The van der Waals surface area contributed by atoms with Crippen LogP contribution in [0.4, 0.5) is 0 Å². The minimum absolute atomic E-state index is 0.335. The number of carbonyl (C=O) groups excluding carboxylic acids is 3. The fourth-order valence-corrected chi connectivity index (χ4v) is 4.33. The van der Waals surface area contributed by atoms with Crippen molar-refractivity contribution < 1.29 is 43.2 Å². The lowest BCUT2D eigenvalue weighted by Crippen LogP contribution is -2.63. The van der Waals surface area contributed by atoms with E-state index in [1.54, 1.807) is 55.4 Å². The summed E-state index contributed by atoms with van der Waals surface area (Å²) in [6.45, 7) is 13.7. The van der Waals surface area contributed by atoms with Gasteiger partial charge in [0, 0.05) is 0 Å². The Morgan fingerprint density at radius 1 is 0.758 bits per heavy atom. The van der Waals surface area contributed by atoms with Gasteiger partial charge in [-0.05, 0) is 39.5 Å². The molecule has 0 aromatic heterocycles. The first-order valence-electron chi connectivity index (χ1n) is 11.3. The van der Waals surface area contributed by atoms with Gasteiger partial charge in [0.15, 0.2) is 24.0 Å². The first-order valence-corrected chi connectivity index (χ1v) is 11.3. The molecule has 11 nitrogen and oxygen atoms in total. The molecule has 33 heavy (non-hydrogen) atoms. The molecule has 0 saturated carbocycles. The van der Waals surface area contributed by atoms with Crippen LogP contribution < -0.4 is 15.7 Å². The van der Waals surface area contributed by atoms with Gasteiger partial charge in [-0.1, -0.05) is 27.7 Å². The third kappa shape index (κ3) is 5.48. The number of amides is 2. The Kier molecular flexibility index (Phi) is 7.12. The van der Waals surface area contributed by atoms with E-state index in [1.807, 2.05) is 0 Å². The zero-order valence-corrected chi connectivity index (χ0v) is 20.4. The number of carboxylic acids is 1. The van der Waals surface area contributed by atoms with Crippen molar-refractivity contribution >= 4 is 17.8 Å². The quantitative estimate of drug-likeness (QED) is 0.498. The van der Waals surface area contributed by atoms with Gasteiger partial charge < -0.3 is 44.2 Å². The van der Waals surface area contributed by atoms with Gasteiger partial charge in [-0.2, -0.15) is 0 Å². The number of nitrogens with one attached hydrogen (secondary N) is 2. The van der Waals surface area contributed by atoms with Crippen LogP contribution in [0.1, 0.15) is 55.4 Å². The molecule has 0 bridgehead atoms. The predicted molar refractivity (Wildman–Crippen MR) is 111 cm³/mol. The highest BCUT2D eigenvalue weighted by molar-refractivity contribution is 5.91. The standard InChI is InChI=1S/C22H36N2O9/c1-9(2)11(17(25)24-12(10(3)4)19(27)28)23-18(26)15-13-14(31-21(5,6)30-13)16-20(29-15)33-22(7,8)32-16/h9-16,20H,1-8H3,(H,23,26)(H,24,25)(H,27,28)/p-1/t11-,12-,13-,14+,15-,16-,20-/m1/s1. The molecule has 2 amide bonds. The third-order valence-electron chi connectivity index (χ3n) is 5.88. The van der Waals surface area contributed by atoms with Crippen molar-refractivity contribution in [3.8, 4) is 0 Å². The Morgan fingerprint density at radius 2 is 1.27 bits per heavy atom. The molecule has 3 aliphatic heterocycles. The van der Waals surface area contributed by atoms with Crippen molar-refractivity contribution in [2.75, 3.05) is 0 Å². The number of fused-ring (bicyclic) bond motifs is 3. The van der Waals surface area contributed by atoms with E-state index in [0.717, 1.165) is 0 Å². The lowest BCUT2D eigenvalue weighted by atomic mass is 9.96. The van der Waals surface area contributed by atoms with Crippen LogP contribution >= 0.6 is 0 Å². The highest BCUT2D eigenvalue weighted by Gasteiger charge is 2.62. The molecule has 7 atom stereocenters. The fourth-order valence-electron chi connectivity index (χ4n) is 4.33. The summed E-state index contributed by atoms with van der Waals surface area (Å²) in [4.78, 5) is 37.6. The molecule has 11 heteroatoms. The molecule has 3 heterocycles. The van der Waals surface area contributed by atoms with E-state index >= 15 is 0 Å². The summed E-state index contributed by atoms with van der Waals surface area (Å²) in [6, 6.07) is -2.20. The molecule has 0 aliphatic carbocycles. The average Bonchev–Trinajstić information content (AvgIpc) is 3.15. The summed E-state index contributed by atoms with van der Waals surface area (Å²) in [7, 11) is 0. The Bertz CT molecular complexity index is 782. The zero-order valence-electron chi connectivity index (χ0n) is 20.4. The first kappa shape index (κ1) is 25.8. The van der Waals surface area contributed by atoms with Crippen molar-refractivity contribution in [2.45, 2.75) is 110 Å². The van der Waals surface area contributed by atoms with Crippen LogP contribution in [0.25, 0.3) is 0 Å². The van der Waals surface area contributed by atoms with Gasteiger partial charge in [-0.25, -0.2) is 0 Å². The van der Waals surface area contributed by atoms with Crippen molar-refractivity contribution in [3.63, 3.8) is 0 Å². The maximum absolute atomic E-state index is 13.3. The van der Waals surface area contributed by atoms with Crippen LogP contribution in [0.5, 0.6) is 0 Å². The predicted octanol–water partition coefficient (Wildman–Crippen LogP) is -0.586. The maximum atomic E-state index is 13.3. The van der Waals surface area contributed by atoms with E-state index < -0.39 is 78.1 Å². The monoisotopic (exact) mass is 471 g/mol. The molecule has 0 aromatic rings. The van der Waals surface area contributed by atoms with Crippen molar-refractivity contribution in [1.29, 1.82) is 0 Å². The molecule has 3 fully saturated rings. The normalized spacial score (nSPS) is 33.8. The first-order chi connectivity index (χ1) is 15.1. The van der Waals surface area contributed by atoms with Gasteiger partial charge in [0.05, 0.1) is 12.0 Å². The zero-order chi connectivity index (χ0) is 24.9. The van der Waals surface area contributed by atoms with Crippen LogP contribution in [0.3, 0.4) is 0 Å². The smallest absolute Gasteiger partial charge is 0.252 e. The van der Waals surface area contributed by atoms with Gasteiger partial charge in [0.2, 0.25) is 5.91 Å². The van der Waals surface area contributed by atoms with Crippen molar-refractivity contribution in [3.05, 3.63) is 0 Å². The number of aliphatic carboxylic acids is 1. The van der Waals surface area contributed by atoms with Gasteiger partial charge in [-0.3, -0.25) is 9.59 Å². The summed E-state index contributed by atoms with van der Waals surface area (Å²) < 4.78 is 29.6. The number of carboxylic acid groups (broad SMARTS) is 1. The summed E-state index contributed by atoms with van der Waals surface area (Å²) in [6.07, 6.45) is -3.99. The second-order valence-electron chi connectivity index (χ2n) is 10.4. The maximum Gasteiger partial charge on any atom is 0.252 e. The van der Waals surface area contributed by atoms with Crippen LogP contribution in [0.2, 0.25) is 0 Å². The number of ether oxygens (including phenoxy) is 5. The Morgan fingerprint density at radius 3 is 1.82 bits per heavy atom. The number of hydrogen-bond acceptors (Lipinski definition) is 9. The summed E-state index contributed by atoms with van der Waals surface area (Å²) >= 11 is 0. The molecule has 0 spiro atoms. The Balaban J connectivity index is 1.78. The SMILES string of the molecule is CC(C)[C@@H](NC(=O)[C@H](NC(=O)[C@@H]1O[C@@H]2OC(C)(C)O[C@@H]2[C@H]2OC(C)(C)O[C@H]21)C(C)C)C(=O)[O-]. The number of carbonyl (C=O) groups is 3. The van der Waals surface area contributed by atoms with E-state index in [0.29, 0.717) is 0 Å². The highest BCUT2D eigenvalue weighted by Crippen LogP contribution is 2.44. The average molecular weight is 472 g/mol. The van der Waals surface area contributed by atoms with Crippen LogP contribution in [-0.4, -0.2) is 72.1 Å². The topological polar surface area (TPSA) is 144 Å². The van der Waals surface area contributed by atoms with Gasteiger partial charge in [-0.15, -0.1) is 0 Å². The molecule has 0 aromatic carbocycles. The van der Waals surface area contributed by atoms with Crippen molar-refractivity contribution in [1.82, 2.24) is 10.6 Å². The molecule has 0 unspecified atom stereocenters. The lowest BCUT2D eigenvalue weighted by Gasteiger charge is -2.37. The Labute approximate surface area is 193 Å². The minimum Gasteiger partial charge on any atom is -0.548 e. The van der Waals surface area contributed by atoms with Gasteiger partial charge >= 0.3 is 0 Å². The second-order valence-corrected chi connectivity index (χ2v) is 10.4. The molecular formula is C22H35N2O9-. The number of hydrogen-bond donors (Lipinski definition) is 2. The highest BCUT2D eigenvalue weighted by atomic mass is 16.9. The van der Waals surface area contributed by atoms with E-state index in [9.17, 15) is 19.5 Å².